The summed E-state index contributed by atoms with van der Waals surface area (Å²) in [5.41, 5.74) is 3.78. The van der Waals surface area contributed by atoms with Crippen molar-refractivity contribution in [1.29, 1.82) is 5.26 Å². The number of aromatic nitrogens is 2. The summed E-state index contributed by atoms with van der Waals surface area (Å²) >= 11 is 3.24. The Kier molecular flexibility index (Phi) is 6.69. The number of benzene rings is 1. The molecule has 0 unspecified atom stereocenters. The Balaban J connectivity index is 2.05. The smallest absolute Gasteiger partial charge is 0.210 e. The second-order valence-electron chi connectivity index (χ2n) is 4.77. The van der Waals surface area contributed by atoms with Gasteiger partial charge in [0.25, 0.3) is 0 Å². The first kappa shape index (κ1) is 16.8. The second kappa shape index (κ2) is 8.76. The number of para-hydroxylation sites is 1. The van der Waals surface area contributed by atoms with E-state index in [1.165, 1.54) is 16.8 Å². The lowest BCUT2D eigenvalue weighted by molar-refractivity contribution is 0.971. The molecule has 1 aromatic carbocycles. The summed E-state index contributed by atoms with van der Waals surface area (Å²) in [5, 5.41) is 21.3. The lowest BCUT2D eigenvalue weighted by Crippen LogP contribution is -1.99. The van der Waals surface area contributed by atoms with Crippen LogP contribution in [0.15, 0.2) is 22.5 Å². The number of nitrogens with zero attached hydrogens (tertiary/aromatic N) is 3. The summed E-state index contributed by atoms with van der Waals surface area (Å²) in [7, 11) is 0. The summed E-state index contributed by atoms with van der Waals surface area (Å²) in [6.07, 6.45) is 3.47. The first-order valence-corrected chi connectivity index (χ1v) is 9.29. The molecule has 2 aromatic rings. The van der Waals surface area contributed by atoms with E-state index in [2.05, 4.69) is 53.6 Å². The standard InChI is InChI=1S/C16H20N4S2/c1-3-12-8-7-9-13(4-2)14(12)18-15-19-20-16(22-15)21-11-6-5-10-17/h7-9H,3-6,11H2,1-2H3,(H,18,19). The van der Waals surface area contributed by atoms with Crippen molar-refractivity contribution in [2.24, 2.45) is 0 Å². The van der Waals surface area contributed by atoms with Gasteiger partial charge in [0.2, 0.25) is 5.13 Å². The number of hydrogen-bond acceptors (Lipinski definition) is 6. The van der Waals surface area contributed by atoms with Crippen molar-refractivity contribution in [3.8, 4) is 6.07 Å². The van der Waals surface area contributed by atoms with E-state index in [0.717, 1.165) is 34.5 Å². The van der Waals surface area contributed by atoms with E-state index in [1.54, 1.807) is 23.1 Å². The summed E-state index contributed by atoms with van der Waals surface area (Å²) in [6, 6.07) is 8.58. The van der Waals surface area contributed by atoms with Crippen LogP contribution in [0.2, 0.25) is 0 Å². The molecule has 0 aliphatic carbocycles. The Morgan fingerprint density at radius 2 is 1.95 bits per heavy atom. The van der Waals surface area contributed by atoms with Crippen LogP contribution >= 0.6 is 23.1 Å². The fraction of sp³-hybridized carbons (Fsp3) is 0.438. The van der Waals surface area contributed by atoms with E-state index >= 15 is 0 Å². The van der Waals surface area contributed by atoms with Gasteiger partial charge in [-0.25, -0.2) is 0 Å². The van der Waals surface area contributed by atoms with Crippen molar-refractivity contribution in [1.82, 2.24) is 10.2 Å². The van der Waals surface area contributed by atoms with Crippen LogP contribution < -0.4 is 5.32 Å². The number of rotatable bonds is 8. The van der Waals surface area contributed by atoms with Crippen molar-refractivity contribution < 1.29 is 0 Å². The molecule has 0 aliphatic heterocycles. The second-order valence-corrected chi connectivity index (χ2v) is 7.09. The molecule has 6 heteroatoms. The average Bonchev–Trinajstić information content (AvgIpc) is 2.99. The van der Waals surface area contributed by atoms with Gasteiger partial charge in [0, 0.05) is 17.9 Å². The number of nitriles is 1. The van der Waals surface area contributed by atoms with Crippen LogP contribution in [0.1, 0.15) is 37.8 Å². The van der Waals surface area contributed by atoms with Gasteiger partial charge < -0.3 is 5.32 Å². The normalized spacial score (nSPS) is 10.4. The van der Waals surface area contributed by atoms with Crippen molar-refractivity contribution >= 4 is 33.9 Å². The van der Waals surface area contributed by atoms with Gasteiger partial charge in [0.05, 0.1) is 6.07 Å². The molecule has 22 heavy (non-hydrogen) atoms. The number of hydrogen-bond donors (Lipinski definition) is 1. The molecule has 0 saturated heterocycles. The molecule has 0 atom stereocenters. The van der Waals surface area contributed by atoms with E-state index < -0.39 is 0 Å². The number of aryl methyl sites for hydroxylation is 2. The minimum atomic E-state index is 0.598. The van der Waals surface area contributed by atoms with Gasteiger partial charge in [-0.05, 0) is 30.4 Å². The summed E-state index contributed by atoms with van der Waals surface area (Å²) < 4.78 is 0.951. The van der Waals surface area contributed by atoms with Crippen LogP contribution in [0, 0.1) is 11.3 Å². The molecule has 4 nitrogen and oxygen atoms in total. The lowest BCUT2D eigenvalue weighted by Gasteiger charge is -2.13. The minimum Gasteiger partial charge on any atom is -0.330 e. The van der Waals surface area contributed by atoms with Crippen LogP contribution in [0.4, 0.5) is 10.8 Å². The van der Waals surface area contributed by atoms with E-state index in [9.17, 15) is 0 Å². The van der Waals surface area contributed by atoms with Crippen molar-refractivity contribution in [2.45, 2.75) is 43.9 Å². The molecule has 0 aliphatic rings. The summed E-state index contributed by atoms with van der Waals surface area (Å²) in [6.45, 7) is 4.33. The lowest BCUT2D eigenvalue weighted by atomic mass is 10.0. The van der Waals surface area contributed by atoms with Crippen LogP contribution in [0.25, 0.3) is 0 Å². The highest BCUT2D eigenvalue weighted by Gasteiger charge is 2.10. The van der Waals surface area contributed by atoms with Gasteiger partial charge in [-0.2, -0.15) is 5.26 Å². The number of thioether (sulfide) groups is 1. The maximum atomic E-state index is 8.54. The molecular formula is C16H20N4S2. The van der Waals surface area contributed by atoms with Gasteiger partial charge in [0.1, 0.15) is 0 Å². The fourth-order valence-corrected chi connectivity index (χ4v) is 3.91. The van der Waals surface area contributed by atoms with Crippen LogP contribution in [-0.2, 0) is 12.8 Å². The van der Waals surface area contributed by atoms with Gasteiger partial charge in [-0.15, -0.1) is 10.2 Å². The van der Waals surface area contributed by atoms with Crippen molar-refractivity contribution in [3.63, 3.8) is 0 Å². The molecule has 1 aromatic heterocycles. The molecule has 0 saturated carbocycles. The number of anilines is 2. The molecule has 0 radical (unpaired) electrons. The molecule has 0 fully saturated rings. The summed E-state index contributed by atoms with van der Waals surface area (Å²) in [5.74, 6) is 0.911. The predicted octanol–water partition coefficient (Wildman–Crippen LogP) is 4.80. The first-order valence-electron chi connectivity index (χ1n) is 7.49. The third-order valence-corrected chi connectivity index (χ3v) is 5.35. The predicted molar refractivity (Wildman–Crippen MR) is 94.0 cm³/mol. The number of unbranched alkanes of at least 4 members (excludes halogenated alkanes) is 1. The molecule has 116 valence electrons. The van der Waals surface area contributed by atoms with E-state index in [1.807, 2.05) is 0 Å². The highest BCUT2D eigenvalue weighted by atomic mass is 32.2. The van der Waals surface area contributed by atoms with Gasteiger partial charge in [0.15, 0.2) is 4.34 Å². The Morgan fingerprint density at radius 3 is 2.59 bits per heavy atom. The molecule has 1 heterocycles. The van der Waals surface area contributed by atoms with E-state index in [0.29, 0.717) is 6.42 Å². The molecule has 0 amide bonds. The number of nitrogens with one attached hydrogen (secondary N) is 1. The van der Waals surface area contributed by atoms with Gasteiger partial charge in [-0.3, -0.25) is 0 Å². The van der Waals surface area contributed by atoms with Crippen LogP contribution in [0.5, 0.6) is 0 Å². The highest BCUT2D eigenvalue weighted by Crippen LogP contribution is 2.31. The van der Waals surface area contributed by atoms with Crippen molar-refractivity contribution in [2.75, 3.05) is 11.1 Å². The van der Waals surface area contributed by atoms with E-state index in [4.69, 9.17) is 5.26 Å². The summed E-state index contributed by atoms with van der Waals surface area (Å²) in [4.78, 5) is 0. The maximum absolute atomic E-state index is 8.54. The highest BCUT2D eigenvalue weighted by molar-refractivity contribution is 8.01. The largest absolute Gasteiger partial charge is 0.330 e. The van der Waals surface area contributed by atoms with Crippen LogP contribution in [-0.4, -0.2) is 16.0 Å². The van der Waals surface area contributed by atoms with Gasteiger partial charge >= 0.3 is 0 Å². The third kappa shape index (κ3) is 4.46. The molecule has 2 rings (SSSR count). The first-order chi connectivity index (χ1) is 10.8. The van der Waals surface area contributed by atoms with E-state index in [-0.39, 0.29) is 0 Å². The Morgan fingerprint density at radius 1 is 1.23 bits per heavy atom. The topological polar surface area (TPSA) is 61.6 Å². The zero-order valence-corrected chi connectivity index (χ0v) is 14.6. The zero-order valence-electron chi connectivity index (χ0n) is 12.9. The molecular weight excluding hydrogens is 312 g/mol. The Hall–Kier alpha value is -1.58. The van der Waals surface area contributed by atoms with Crippen molar-refractivity contribution in [3.05, 3.63) is 29.3 Å². The Bertz CT molecular complexity index is 624. The molecule has 0 spiro atoms. The third-order valence-electron chi connectivity index (χ3n) is 3.30. The maximum Gasteiger partial charge on any atom is 0.210 e. The van der Waals surface area contributed by atoms with Crippen LogP contribution in [0.3, 0.4) is 0 Å². The van der Waals surface area contributed by atoms with Gasteiger partial charge in [-0.1, -0.05) is 55.1 Å². The molecule has 0 bridgehead atoms. The molecule has 1 N–H and O–H groups in total. The Labute approximate surface area is 140 Å². The fourth-order valence-electron chi connectivity index (χ4n) is 2.14. The average molecular weight is 332 g/mol. The monoisotopic (exact) mass is 332 g/mol. The minimum absolute atomic E-state index is 0.598. The SMILES string of the molecule is CCc1cccc(CC)c1Nc1nnc(SCCCC#N)s1. The zero-order chi connectivity index (χ0) is 15.8. The quantitative estimate of drug-likeness (QED) is 0.555.